The number of benzene rings is 3. The monoisotopic (exact) mass is 397 g/mol. The molecule has 0 fully saturated rings. The normalized spacial score (nSPS) is 11.6. The SMILES string of the molecule is COc1cc(OC)cc(C(=O)Nc2ccc(Cl)cc2C(O)c2ccccc2)c1. The topological polar surface area (TPSA) is 67.8 Å². The van der Waals surface area contributed by atoms with E-state index in [0.717, 1.165) is 0 Å². The van der Waals surface area contributed by atoms with Crippen molar-refractivity contribution in [3.05, 3.63) is 88.4 Å². The van der Waals surface area contributed by atoms with Crippen molar-refractivity contribution in [3.8, 4) is 11.5 Å². The van der Waals surface area contributed by atoms with Crippen molar-refractivity contribution in [2.24, 2.45) is 0 Å². The zero-order chi connectivity index (χ0) is 20.1. The Balaban J connectivity index is 1.94. The summed E-state index contributed by atoms with van der Waals surface area (Å²) in [5.41, 5.74) is 2.03. The van der Waals surface area contributed by atoms with Crippen molar-refractivity contribution in [2.75, 3.05) is 19.5 Å². The fourth-order valence-corrected chi connectivity index (χ4v) is 3.00. The van der Waals surface area contributed by atoms with Crippen LogP contribution in [0.1, 0.15) is 27.6 Å². The third kappa shape index (κ3) is 4.44. The zero-order valence-electron chi connectivity index (χ0n) is 15.5. The Morgan fingerprint density at radius 1 is 0.964 bits per heavy atom. The van der Waals surface area contributed by atoms with E-state index in [9.17, 15) is 9.90 Å². The number of hydrogen-bond acceptors (Lipinski definition) is 4. The number of rotatable bonds is 6. The van der Waals surface area contributed by atoms with Gasteiger partial charge in [0.25, 0.3) is 5.91 Å². The second-order valence-corrected chi connectivity index (χ2v) is 6.54. The molecule has 3 aromatic carbocycles. The van der Waals surface area contributed by atoms with E-state index in [1.165, 1.54) is 14.2 Å². The van der Waals surface area contributed by atoms with E-state index in [-0.39, 0.29) is 5.91 Å². The molecule has 0 aliphatic rings. The van der Waals surface area contributed by atoms with Gasteiger partial charge in [0.15, 0.2) is 0 Å². The largest absolute Gasteiger partial charge is 0.497 e. The summed E-state index contributed by atoms with van der Waals surface area (Å²) < 4.78 is 10.4. The Morgan fingerprint density at radius 3 is 2.21 bits per heavy atom. The van der Waals surface area contributed by atoms with Crippen LogP contribution in [0.5, 0.6) is 11.5 Å². The number of amides is 1. The van der Waals surface area contributed by atoms with Gasteiger partial charge in [-0.2, -0.15) is 0 Å². The molecule has 3 rings (SSSR count). The minimum Gasteiger partial charge on any atom is -0.497 e. The molecular weight excluding hydrogens is 378 g/mol. The minimum absolute atomic E-state index is 0.360. The average molecular weight is 398 g/mol. The first-order valence-electron chi connectivity index (χ1n) is 8.58. The summed E-state index contributed by atoms with van der Waals surface area (Å²) >= 11 is 6.12. The molecular formula is C22H20ClNO4. The summed E-state index contributed by atoms with van der Waals surface area (Å²) in [6.45, 7) is 0. The van der Waals surface area contributed by atoms with E-state index in [4.69, 9.17) is 21.1 Å². The van der Waals surface area contributed by atoms with Gasteiger partial charge < -0.3 is 19.9 Å². The highest BCUT2D eigenvalue weighted by Gasteiger charge is 2.18. The van der Waals surface area contributed by atoms with Gasteiger partial charge in [0.2, 0.25) is 0 Å². The van der Waals surface area contributed by atoms with Gasteiger partial charge in [-0.3, -0.25) is 4.79 Å². The third-order valence-corrected chi connectivity index (χ3v) is 4.52. The molecule has 0 heterocycles. The average Bonchev–Trinajstić information content (AvgIpc) is 2.74. The Kier molecular flexibility index (Phi) is 6.19. The van der Waals surface area contributed by atoms with Crippen molar-refractivity contribution in [1.29, 1.82) is 0 Å². The van der Waals surface area contributed by atoms with Gasteiger partial charge in [0, 0.05) is 27.9 Å². The number of aliphatic hydroxyl groups is 1. The molecule has 0 aromatic heterocycles. The quantitative estimate of drug-likeness (QED) is 0.633. The Morgan fingerprint density at radius 2 is 1.61 bits per heavy atom. The fourth-order valence-electron chi connectivity index (χ4n) is 2.82. The summed E-state index contributed by atoms with van der Waals surface area (Å²) in [6.07, 6.45) is -0.935. The maximum absolute atomic E-state index is 12.8. The second-order valence-electron chi connectivity index (χ2n) is 6.10. The van der Waals surface area contributed by atoms with Gasteiger partial charge in [-0.1, -0.05) is 41.9 Å². The molecule has 0 aliphatic carbocycles. The van der Waals surface area contributed by atoms with Crippen molar-refractivity contribution < 1.29 is 19.4 Å². The standard InChI is InChI=1S/C22H20ClNO4/c1-27-17-10-15(11-18(13-17)28-2)22(26)24-20-9-8-16(23)12-19(20)21(25)14-6-4-3-5-7-14/h3-13,21,25H,1-2H3,(H,24,26). The van der Waals surface area contributed by atoms with E-state index in [2.05, 4.69) is 5.32 Å². The van der Waals surface area contributed by atoms with Gasteiger partial charge in [-0.15, -0.1) is 0 Å². The highest BCUT2D eigenvalue weighted by Crippen LogP contribution is 2.31. The maximum Gasteiger partial charge on any atom is 0.255 e. The van der Waals surface area contributed by atoms with Gasteiger partial charge in [0.05, 0.1) is 14.2 Å². The number of methoxy groups -OCH3 is 2. The molecule has 0 radical (unpaired) electrons. The van der Waals surface area contributed by atoms with E-state index in [0.29, 0.717) is 38.9 Å². The first-order valence-corrected chi connectivity index (χ1v) is 8.96. The van der Waals surface area contributed by atoms with Crippen LogP contribution in [-0.4, -0.2) is 25.2 Å². The number of carbonyl (C=O) groups excluding carboxylic acids is 1. The number of aliphatic hydroxyl groups excluding tert-OH is 1. The number of carbonyl (C=O) groups is 1. The van der Waals surface area contributed by atoms with E-state index >= 15 is 0 Å². The van der Waals surface area contributed by atoms with Crippen molar-refractivity contribution in [1.82, 2.24) is 0 Å². The van der Waals surface area contributed by atoms with Crippen LogP contribution in [0.25, 0.3) is 0 Å². The molecule has 144 valence electrons. The lowest BCUT2D eigenvalue weighted by atomic mass is 9.99. The van der Waals surface area contributed by atoms with Crippen molar-refractivity contribution in [3.63, 3.8) is 0 Å². The summed E-state index contributed by atoms with van der Waals surface area (Å²) in [7, 11) is 3.04. The molecule has 1 unspecified atom stereocenters. The lowest BCUT2D eigenvalue weighted by Gasteiger charge is -2.17. The Bertz CT molecular complexity index is 953. The molecule has 28 heavy (non-hydrogen) atoms. The van der Waals surface area contributed by atoms with Crippen molar-refractivity contribution in [2.45, 2.75) is 6.10 Å². The number of nitrogens with one attached hydrogen (secondary N) is 1. The lowest BCUT2D eigenvalue weighted by Crippen LogP contribution is -2.15. The molecule has 5 nitrogen and oxygen atoms in total. The van der Waals surface area contributed by atoms with Crippen LogP contribution in [-0.2, 0) is 0 Å². The predicted molar refractivity (Wildman–Crippen MR) is 109 cm³/mol. The van der Waals surface area contributed by atoms with Gasteiger partial charge in [-0.25, -0.2) is 0 Å². The summed E-state index contributed by atoms with van der Waals surface area (Å²) in [5.74, 6) is 0.649. The Hall–Kier alpha value is -3.02. The maximum atomic E-state index is 12.8. The smallest absolute Gasteiger partial charge is 0.255 e. The molecule has 0 aliphatic heterocycles. The van der Waals surface area contributed by atoms with Gasteiger partial charge in [0.1, 0.15) is 17.6 Å². The van der Waals surface area contributed by atoms with Gasteiger partial charge >= 0.3 is 0 Å². The number of hydrogen-bond donors (Lipinski definition) is 2. The van der Waals surface area contributed by atoms with Crippen molar-refractivity contribution >= 4 is 23.2 Å². The van der Waals surface area contributed by atoms with Crippen LogP contribution in [0.2, 0.25) is 5.02 Å². The van der Waals surface area contributed by atoms with Crippen LogP contribution < -0.4 is 14.8 Å². The second kappa shape index (κ2) is 8.78. The molecule has 1 atom stereocenters. The van der Waals surface area contributed by atoms with Crippen LogP contribution in [0, 0.1) is 0 Å². The van der Waals surface area contributed by atoms with Crippen LogP contribution in [0.3, 0.4) is 0 Å². The number of anilines is 1. The van der Waals surface area contributed by atoms with Crippen LogP contribution in [0.4, 0.5) is 5.69 Å². The van der Waals surface area contributed by atoms with Crippen LogP contribution >= 0.6 is 11.6 Å². The molecule has 0 saturated heterocycles. The third-order valence-electron chi connectivity index (χ3n) is 4.29. The summed E-state index contributed by atoms with van der Waals surface area (Å²) in [6, 6.07) is 19.0. The minimum atomic E-state index is -0.935. The zero-order valence-corrected chi connectivity index (χ0v) is 16.2. The molecule has 3 aromatic rings. The molecule has 0 spiro atoms. The van der Waals surface area contributed by atoms with E-state index in [1.807, 2.05) is 30.3 Å². The first-order chi connectivity index (χ1) is 13.5. The number of ether oxygens (including phenoxy) is 2. The van der Waals surface area contributed by atoms with E-state index in [1.54, 1.807) is 36.4 Å². The molecule has 0 bridgehead atoms. The highest BCUT2D eigenvalue weighted by atomic mass is 35.5. The Labute approximate surface area is 168 Å². The molecule has 1 amide bonds. The number of halogens is 1. The van der Waals surface area contributed by atoms with E-state index < -0.39 is 6.10 Å². The lowest BCUT2D eigenvalue weighted by molar-refractivity contribution is 0.102. The van der Waals surface area contributed by atoms with Gasteiger partial charge in [-0.05, 0) is 35.9 Å². The fraction of sp³-hybridized carbons (Fsp3) is 0.136. The molecule has 6 heteroatoms. The summed E-state index contributed by atoms with van der Waals surface area (Å²) in [5, 5.41) is 14.1. The predicted octanol–water partition coefficient (Wildman–Crippen LogP) is 4.69. The van der Waals surface area contributed by atoms with Crippen LogP contribution in [0.15, 0.2) is 66.7 Å². The first kappa shape index (κ1) is 19.7. The molecule has 0 saturated carbocycles. The highest BCUT2D eigenvalue weighted by molar-refractivity contribution is 6.30. The molecule has 2 N–H and O–H groups in total. The summed E-state index contributed by atoms with van der Waals surface area (Å²) in [4.78, 5) is 12.8.